The van der Waals surface area contributed by atoms with Gasteiger partial charge in [0.05, 0.1) is 16.8 Å². The van der Waals surface area contributed by atoms with E-state index >= 15 is 0 Å². The second-order valence-electron chi connectivity index (χ2n) is 3.63. The van der Waals surface area contributed by atoms with Gasteiger partial charge in [-0.05, 0) is 19.1 Å². The minimum absolute atomic E-state index is 0.190. The van der Waals surface area contributed by atoms with Gasteiger partial charge in [-0.1, -0.05) is 11.3 Å². The van der Waals surface area contributed by atoms with Gasteiger partial charge in [0, 0.05) is 19.2 Å². The molecule has 1 aromatic carbocycles. The van der Waals surface area contributed by atoms with Crippen molar-refractivity contribution < 1.29 is 9.13 Å². The second-order valence-corrected chi connectivity index (χ2v) is 4.66. The van der Waals surface area contributed by atoms with Crippen molar-refractivity contribution in [2.24, 2.45) is 0 Å². The third-order valence-electron chi connectivity index (χ3n) is 2.14. The number of thiazole rings is 1. The van der Waals surface area contributed by atoms with Crippen LogP contribution in [-0.2, 0) is 4.74 Å². The van der Waals surface area contributed by atoms with Crippen LogP contribution in [0.4, 0.5) is 9.52 Å². The summed E-state index contributed by atoms with van der Waals surface area (Å²) in [7, 11) is 1.66. The predicted molar refractivity (Wildman–Crippen MR) is 64.5 cm³/mol. The summed E-state index contributed by atoms with van der Waals surface area (Å²) in [4.78, 5) is 4.31. The summed E-state index contributed by atoms with van der Waals surface area (Å²) in [5.41, 5.74) is 0.692. The van der Waals surface area contributed by atoms with Crippen LogP contribution in [0.2, 0.25) is 0 Å². The third-order valence-corrected chi connectivity index (χ3v) is 3.10. The Labute approximate surface area is 97.3 Å². The molecule has 0 aliphatic rings. The minimum Gasteiger partial charge on any atom is -0.383 e. The lowest BCUT2D eigenvalue weighted by Crippen LogP contribution is -2.20. The number of benzene rings is 1. The average Bonchev–Trinajstić information content (AvgIpc) is 2.59. The van der Waals surface area contributed by atoms with E-state index in [2.05, 4.69) is 10.3 Å². The quantitative estimate of drug-likeness (QED) is 0.892. The number of hydrogen-bond donors (Lipinski definition) is 1. The van der Waals surface area contributed by atoms with Gasteiger partial charge >= 0.3 is 0 Å². The van der Waals surface area contributed by atoms with Crippen LogP contribution in [0, 0.1) is 5.82 Å². The number of fused-ring (bicyclic) bond motifs is 1. The number of halogens is 1. The van der Waals surface area contributed by atoms with Crippen LogP contribution in [0.1, 0.15) is 6.92 Å². The van der Waals surface area contributed by atoms with E-state index < -0.39 is 0 Å². The van der Waals surface area contributed by atoms with E-state index in [-0.39, 0.29) is 11.9 Å². The van der Waals surface area contributed by atoms with E-state index in [9.17, 15) is 4.39 Å². The molecular formula is C11H13FN2OS. The van der Waals surface area contributed by atoms with E-state index in [0.29, 0.717) is 12.1 Å². The molecule has 1 N–H and O–H groups in total. The molecule has 1 unspecified atom stereocenters. The van der Waals surface area contributed by atoms with Gasteiger partial charge in [-0.2, -0.15) is 0 Å². The summed E-state index contributed by atoms with van der Waals surface area (Å²) in [5.74, 6) is -0.255. The van der Waals surface area contributed by atoms with Crippen LogP contribution >= 0.6 is 11.3 Å². The highest BCUT2D eigenvalue weighted by Crippen LogP contribution is 2.26. The molecule has 2 rings (SSSR count). The standard InChI is InChI=1S/C11H13FN2OS/c1-7(6-15-2)13-11-14-9-5-8(12)3-4-10(9)16-11/h3-5,7H,6H2,1-2H3,(H,13,14). The van der Waals surface area contributed by atoms with Crippen molar-refractivity contribution in [3.63, 3.8) is 0 Å². The van der Waals surface area contributed by atoms with E-state index in [0.717, 1.165) is 9.83 Å². The van der Waals surface area contributed by atoms with Gasteiger partial charge in [-0.15, -0.1) is 0 Å². The van der Waals surface area contributed by atoms with Gasteiger partial charge in [0.25, 0.3) is 0 Å². The molecule has 2 aromatic rings. The summed E-state index contributed by atoms with van der Waals surface area (Å²) in [6.07, 6.45) is 0. The molecule has 0 fully saturated rings. The molecule has 0 radical (unpaired) electrons. The van der Waals surface area contributed by atoms with Crippen molar-refractivity contribution in [2.45, 2.75) is 13.0 Å². The van der Waals surface area contributed by atoms with Crippen molar-refractivity contribution in [1.29, 1.82) is 0 Å². The van der Waals surface area contributed by atoms with Crippen LogP contribution in [0.25, 0.3) is 10.2 Å². The molecule has 5 heteroatoms. The molecule has 0 aliphatic carbocycles. The Bertz CT molecular complexity index is 486. The third kappa shape index (κ3) is 2.48. The summed E-state index contributed by atoms with van der Waals surface area (Å²) in [6, 6.07) is 4.82. The zero-order chi connectivity index (χ0) is 11.5. The molecule has 3 nitrogen and oxygen atoms in total. The monoisotopic (exact) mass is 240 g/mol. The fraction of sp³-hybridized carbons (Fsp3) is 0.364. The summed E-state index contributed by atoms with van der Waals surface area (Å²) < 4.78 is 19.0. The Hall–Kier alpha value is -1.20. The molecular weight excluding hydrogens is 227 g/mol. The first kappa shape index (κ1) is 11.3. The Balaban J connectivity index is 2.19. The highest BCUT2D eigenvalue weighted by Gasteiger charge is 2.07. The number of hydrogen-bond acceptors (Lipinski definition) is 4. The molecule has 16 heavy (non-hydrogen) atoms. The Morgan fingerprint density at radius 1 is 1.56 bits per heavy atom. The maximum absolute atomic E-state index is 13.0. The van der Waals surface area contributed by atoms with Crippen molar-refractivity contribution in [2.75, 3.05) is 19.0 Å². The van der Waals surface area contributed by atoms with E-state index in [1.165, 1.54) is 23.5 Å². The van der Waals surface area contributed by atoms with E-state index in [1.807, 2.05) is 6.92 Å². The first-order chi connectivity index (χ1) is 7.69. The number of rotatable bonds is 4. The predicted octanol–water partition coefficient (Wildman–Crippen LogP) is 2.88. The van der Waals surface area contributed by atoms with Crippen LogP contribution in [0.15, 0.2) is 18.2 Å². The second kappa shape index (κ2) is 4.76. The summed E-state index contributed by atoms with van der Waals surface area (Å²) >= 11 is 1.52. The molecule has 0 bridgehead atoms. The van der Waals surface area contributed by atoms with Gasteiger partial charge in [0.2, 0.25) is 0 Å². The van der Waals surface area contributed by atoms with Gasteiger partial charge < -0.3 is 10.1 Å². The maximum atomic E-state index is 13.0. The minimum atomic E-state index is -0.255. The summed E-state index contributed by atoms with van der Waals surface area (Å²) in [6.45, 7) is 2.63. The fourth-order valence-electron chi connectivity index (χ4n) is 1.46. The number of nitrogens with one attached hydrogen (secondary N) is 1. The molecule has 86 valence electrons. The van der Waals surface area contributed by atoms with Gasteiger partial charge in [0.1, 0.15) is 5.82 Å². The largest absolute Gasteiger partial charge is 0.383 e. The van der Waals surface area contributed by atoms with Crippen LogP contribution in [0.3, 0.4) is 0 Å². The maximum Gasteiger partial charge on any atom is 0.184 e. The summed E-state index contributed by atoms with van der Waals surface area (Å²) in [5, 5.41) is 4.01. The highest BCUT2D eigenvalue weighted by molar-refractivity contribution is 7.22. The van der Waals surface area contributed by atoms with E-state index in [4.69, 9.17) is 4.74 Å². The van der Waals surface area contributed by atoms with Gasteiger partial charge in [-0.3, -0.25) is 0 Å². The molecule has 1 aromatic heterocycles. The number of methoxy groups -OCH3 is 1. The van der Waals surface area contributed by atoms with Crippen molar-refractivity contribution >= 4 is 26.7 Å². The lowest BCUT2D eigenvalue weighted by molar-refractivity contribution is 0.190. The number of ether oxygens (including phenoxy) is 1. The molecule has 1 heterocycles. The number of aromatic nitrogens is 1. The zero-order valence-electron chi connectivity index (χ0n) is 9.16. The van der Waals surface area contributed by atoms with Crippen LogP contribution in [-0.4, -0.2) is 24.7 Å². The lowest BCUT2D eigenvalue weighted by atomic mass is 10.3. The van der Waals surface area contributed by atoms with Gasteiger partial charge in [0.15, 0.2) is 5.13 Å². The molecule has 0 spiro atoms. The average molecular weight is 240 g/mol. The molecule has 0 amide bonds. The Morgan fingerprint density at radius 3 is 3.12 bits per heavy atom. The first-order valence-corrected chi connectivity index (χ1v) is 5.82. The van der Waals surface area contributed by atoms with Gasteiger partial charge in [-0.25, -0.2) is 9.37 Å². The molecule has 0 aliphatic heterocycles. The van der Waals surface area contributed by atoms with Crippen LogP contribution in [0.5, 0.6) is 0 Å². The Kier molecular flexibility index (Phi) is 3.36. The first-order valence-electron chi connectivity index (χ1n) is 5.00. The topological polar surface area (TPSA) is 34.1 Å². The van der Waals surface area contributed by atoms with Crippen molar-refractivity contribution in [3.05, 3.63) is 24.0 Å². The van der Waals surface area contributed by atoms with Crippen molar-refractivity contribution in [3.8, 4) is 0 Å². The number of anilines is 1. The number of nitrogens with zero attached hydrogens (tertiary/aromatic N) is 1. The SMILES string of the molecule is COCC(C)Nc1nc2cc(F)ccc2s1. The highest BCUT2D eigenvalue weighted by atomic mass is 32.1. The fourth-order valence-corrected chi connectivity index (χ4v) is 2.42. The zero-order valence-corrected chi connectivity index (χ0v) is 9.97. The van der Waals surface area contributed by atoms with Crippen molar-refractivity contribution in [1.82, 2.24) is 4.98 Å². The van der Waals surface area contributed by atoms with E-state index in [1.54, 1.807) is 13.2 Å². The normalized spacial score (nSPS) is 12.9. The Morgan fingerprint density at radius 2 is 2.38 bits per heavy atom. The molecule has 0 saturated carbocycles. The molecule has 0 saturated heterocycles. The molecule has 1 atom stereocenters. The lowest BCUT2D eigenvalue weighted by Gasteiger charge is -2.10. The van der Waals surface area contributed by atoms with Crippen LogP contribution < -0.4 is 5.32 Å². The smallest absolute Gasteiger partial charge is 0.184 e.